The lowest BCUT2D eigenvalue weighted by molar-refractivity contribution is -0.123. The van der Waals surface area contributed by atoms with Crippen LogP contribution >= 0.6 is 0 Å². The molecule has 3 unspecified atom stereocenters. The maximum Gasteiger partial charge on any atom is 0.248 e. The zero-order valence-electron chi connectivity index (χ0n) is 12.9. The lowest BCUT2D eigenvalue weighted by Gasteiger charge is -2.17. The Hall–Kier alpha value is -1.47. The van der Waals surface area contributed by atoms with Crippen LogP contribution in [-0.2, 0) is 4.79 Å². The predicted molar refractivity (Wildman–Crippen MR) is 79.1 cm³/mol. The highest BCUT2D eigenvalue weighted by molar-refractivity contribution is 5.82. The number of nitrogens with zero attached hydrogens (tertiary/aromatic N) is 2. The molecule has 1 amide bonds. The highest BCUT2D eigenvalue weighted by Crippen LogP contribution is 2.31. The number of aliphatic hydroxyl groups excluding tert-OH is 1. The molecule has 0 aromatic carbocycles. The van der Waals surface area contributed by atoms with Crippen molar-refractivity contribution < 1.29 is 14.4 Å². The normalized spacial score (nSPS) is 27.7. The summed E-state index contributed by atoms with van der Waals surface area (Å²) < 4.78 is 5.32. The number of hydrogen-bond acceptors (Lipinski definition) is 6. The van der Waals surface area contributed by atoms with E-state index in [4.69, 9.17) is 4.52 Å². The molecular formula is C15H24N4O3. The Morgan fingerprint density at radius 3 is 2.86 bits per heavy atom. The van der Waals surface area contributed by atoms with E-state index in [1.165, 1.54) is 19.3 Å². The van der Waals surface area contributed by atoms with Gasteiger partial charge in [-0.25, -0.2) is 0 Å². The molecule has 1 saturated heterocycles. The molecule has 0 radical (unpaired) electrons. The second kappa shape index (κ2) is 6.75. The molecule has 0 spiro atoms. The standard InChI is InChI=1S/C15H24N4O3/c1-9(17-14(21)12-7-11(20)8-16-12)15-18-13(19-22-15)10-5-3-2-4-6-10/h9-12,16,20H,2-8H2,1H3,(H,17,21). The second-order valence-corrected chi connectivity index (χ2v) is 6.41. The average Bonchev–Trinajstić information content (AvgIpc) is 3.17. The van der Waals surface area contributed by atoms with Crippen LogP contribution in [0.4, 0.5) is 0 Å². The van der Waals surface area contributed by atoms with Gasteiger partial charge in [0.2, 0.25) is 11.8 Å². The first kappa shape index (κ1) is 15.4. The van der Waals surface area contributed by atoms with Crippen molar-refractivity contribution in [3.8, 4) is 0 Å². The van der Waals surface area contributed by atoms with Crippen LogP contribution in [0.1, 0.15) is 69.1 Å². The van der Waals surface area contributed by atoms with Gasteiger partial charge in [0.1, 0.15) is 6.04 Å². The summed E-state index contributed by atoms with van der Waals surface area (Å²) in [6.07, 6.45) is 5.94. The van der Waals surface area contributed by atoms with Gasteiger partial charge in [0, 0.05) is 12.5 Å². The molecule has 1 aliphatic heterocycles. The summed E-state index contributed by atoms with van der Waals surface area (Å²) in [6.45, 7) is 2.29. The van der Waals surface area contributed by atoms with E-state index in [2.05, 4.69) is 20.8 Å². The Bertz CT molecular complexity index is 513. The van der Waals surface area contributed by atoms with E-state index in [1.54, 1.807) is 0 Å². The van der Waals surface area contributed by atoms with Crippen LogP contribution in [0.5, 0.6) is 0 Å². The van der Waals surface area contributed by atoms with Gasteiger partial charge in [-0.15, -0.1) is 0 Å². The second-order valence-electron chi connectivity index (χ2n) is 6.41. The number of aromatic nitrogens is 2. The van der Waals surface area contributed by atoms with Gasteiger partial charge in [0.05, 0.1) is 12.1 Å². The molecule has 2 aliphatic rings. The van der Waals surface area contributed by atoms with Crippen molar-refractivity contribution in [2.45, 2.75) is 69.6 Å². The number of amides is 1. The van der Waals surface area contributed by atoms with Gasteiger partial charge in [-0.2, -0.15) is 4.98 Å². The van der Waals surface area contributed by atoms with Crippen LogP contribution < -0.4 is 10.6 Å². The van der Waals surface area contributed by atoms with E-state index >= 15 is 0 Å². The maximum atomic E-state index is 12.1. The van der Waals surface area contributed by atoms with Crippen LogP contribution in [0.15, 0.2) is 4.52 Å². The molecule has 22 heavy (non-hydrogen) atoms. The molecule has 1 saturated carbocycles. The molecule has 3 atom stereocenters. The average molecular weight is 308 g/mol. The van der Waals surface area contributed by atoms with E-state index in [1.807, 2.05) is 6.92 Å². The van der Waals surface area contributed by atoms with Gasteiger partial charge in [-0.1, -0.05) is 24.4 Å². The molecule has 7 heteroatoms. The molecule has 0 bridgehead atoms. The fourth-order valence-corrected chi connectivity index (χ4v) is 3.24. The Morgan fingerprint density at radius 2 is 2.18 bits per heavy atom. The lowest BCUT2D eigenvalue weighted by atomic mass is 9.89. The highest BCUT2D eigenvalue weighted by atomic mass is 16.5. The number of aliphatic hydroxyl groups is 1. The fraction of sp³-hybridized carbons (Fsp3) is 0.800. The first-order valence-electron chi connectivity index (χ1n) is 8.19. The molecule has 3 N–H and O–H groups in total. The number of β-amino-alcohol motifs (C(OH)–C–C–N with tert-alkyl or cyclic N) is 1. The van der Waals surface area contributed by atoms with E-state index in [9.17, 15) is 9.90 Å². The van der Waals surface area contributed by atoms with Crippen LogP contribution in [0.2, 0.25) is 0 Å². The maximum absolute atomic E-state index is 12.1. The minimum atomic E-state index is -0.452. The predicted octanol–water partition coefficient (Wildman–Crippen LogP) is 1.02. The molecule has 2 fully saturated rings. The van der Waals surface area contributed by atoms with Crippen LogP contribution in [0.25, 0.3) is 0 Å². The largest absolute Gasteiger partial charge is 0.392 e. The van der Waals surface area contributed by atoms with Crippen molar-refractivity contribution in [3.63, 3.8) is 0 Å². The Morgan fingerprint density at radius 1 is 1.41 bits per heavy atom. The first-order chi connectivity index (χ1) is 10.6. The number of hydrogen-bond donors (Lipinski definition) is 3. The third kappa shape index (κ3) is 3.47. The van der Waals surface area contributed by atoms with Crippen molar-refractivity contribution >= 4 is 5.91 Å². The molecule has 1 aromatic rings. The first-order valence-corrected chi connectivity index (χ1v) is 8.19. The van der Waals surface area contributed by atoms with E-state index < -0.39 is 6.10 Å². The van der Waals surface area contributed by atoms with Gasteiger partial charge < -0.3 is 20.3 Å². The van der Waals surface area contributed by atoms with Gasteiger partial charge in [-0.3, -0.25) is 4.79 Å². The molecule has 122 valence electrons. The summed E-state index contributed by atoms with van der Waals surface area (Å²) in [5, 5.41) is 19.4. The van der Waals surface area contributed by atoms with Crippen molar-refractivity contribution in [2.24, 2.45) is 0 Å². The van der Waals surface area contributed by atoms with Crippen molar-refractivity contribution in [1.29, 1.82) is 0 Å². The molecule has 3 rings (SSSR count). The van der Waals surface area contributed by atoms with Crippen molar-refractivity contribution in [1.82, 2.24) is 20.8 Å². The highest BCUT2D eigenvalue weighted by Gasteiger charge is 2.30. The van der Waals surface area contributed by atoms with E-state index in [0.29, 0.717) is 24.8 Å². The van der Waals surface area contributed by atoms with Crippen LogP contribution in [-0.4, -0.2) is 39.8 Å². The Balaban J connectivity index is 1.56. The zero-order chi connectivity index (χ0) is 15.5. The summed E-state index contributed by atoms with van der Waals surface area (Å²) in [6, 6.07) is -0.671. The topological polar surface area (TPSA) is 100 Å². The van der Waals surface area contributed by atoms with Gasteiger partial charge in [0.15, 0.2) is 5.82 Å². The van der Waals surface area contributed by atoms with Gasteiger partial charge >= 0.3 is 0 Å². The number of carbonyl (C=O) groups is 1. The lowest BCUT2D eigenvalue weighted by Crippen LogP contribution is -2.41. The quantitative estimate of drug-likeness (QED) is 0.768. The summed E-state index contributed by atoms with van der Waals surface area (Å²) in [7, 11) is 0. The molecule has 7 nitrogen and oxygen atoms in total. The van der Waals surface area contributed by atoms with Gasteiger partial charge in [0.25, 0.3) is 0 Å². The van der Waals surface area contributed by atoms with Gasteiger partial charge in [-0.05, 0) is 26.2 Å². The Kier molecular flexibility index (Phi) is 4.73. The fourth-order valence-electron chi connectivity index (χ4n) is 3.24. The summed E-state index contributed by atoms with van der Waals surface area (Å²) in [5.41, 5.74) is 0. The summed E-state index contributed by atoms with van der Waals surface area (Å²) in [5.74, 6) is 1.47. The number of carbonyl (C=O) groups excluding carboxylic acids is 1. The van der Waals surface area contributed by atoms with E-state index in [-0.39, 0.29) is 18.0 Å². The minimum Gasteiger partial charge on any atom is -0.392 e. The number of nitrogens with one attached hydrogen (secondary N) is 2. The third-order valence-corrected chi connectivity index (χ3v) is 4.58. The molecule has 2 heterocycles. The summed E-state index contributed by atoms with van der Waals surface area (Å²) in [4.78, 5) is 16.6. The SMILES string of the molecule is CC(NC(=O)C1CC(O)CN1)c1nc(C2CCCCC2)no1. The molecule has 1 aromatic heterocycles. The molecule has 1 aliphatic carbocycles. The monoisotopic (exact) mass is 308 g/mol. The molecular weight excluding hydrogens is 284 g/mol. The number of rotatable bonds is 4. The van der Waals surface area contributed by atoms with Crippen molar-refractivity contribution in [3.05, 3.63) is 11.7 Å². The Labute approximate surface area is 129 Å². The van der Waals surface area contributed by atoms with Crippen LogP contribution in [0, 0.1) is 0 Å². The zero-order valence-corrected chi connectivity index (χ0v) is 12.9. The van der Waals surface area contributed by atoms with Crippen LogP contribution in [0.3, 0.4) is 0 Å². The summed E-state index contributed by atoms with van der Waals surface area (Å²) >= 11 is 0. The van der Waals surface area contributed by atoms with Crippen molar-refractivity contribution in [2.75, 3.05) is 6.54 Å². The van der Waals surface area contributed by atoms with E-state index in [0.717, 1.165) is 18.7 Å². The minimum absolute atomic E-state index is 0.138. The smallest absolute Gasteiger partial charge is 0.248 e. The third-order valence-electron chi connectivity index (χ3n) is 4.58.